The van der Waals surface area contributed by atoms with Crippen LogP contribution in [0.2, 0.25) is 5.02 Å². The highest BCUT2D eigenvalue weighted by Gasteiger charge is 2.62. The summed E-state index contributed by atoms with van der Waals surface area (Å²) >= 11 is 9.63. The first kappa shape index (κ1) is 26.2. The Balaban J connectivity index is 1.81. The fourth-order valence-corrected chi connectivity index (χ4v) is 7.20. The van der Waals surface area contributed by atoms with E-state index < -0.39 is 5.97 Å². The quantitative estimate of drug-likeness (QED) is 0.267. The van der Waals surface area contributed by atoms with E-state index in [1.165, 1.54) is 6.42 Å². The van der Waals surface area contributed by atoms with E-state index in [1.54, 1.807) is 12.1 Å². The molecule has 2 aromatic carbocycles. The molecule has 5 nitrogen and oxygen atoms in total. The third kappa shape index (κ3) is 4.53. The van der Waals surface area contributed by atoms with Crippen molar-refractivity contribution in [1.82, 2.24) is 0 Å². The number of benzene rings is 2. The van der Waals surface area contributed by atoms with Crippen LogP contribution < -0.4 is 10.1 Å². The van der Waals surface area contributed by atoms with Gasteiger partial charge in [-0.3, -0.25) is 0 Å². The topological polar surface area (TPSA) is 78.8 Å². The maximum Gasteiger partial charge on any atom is 0.339 e. The van der Waals surface area contributed by atoms with Gasteiger partial charge in [0.2, 0.25) is 0 Å². The van der Waals surface area contributed by atoms with Crippen molar-refractivity contribution in [3.63, 3.8) is 0 Å². The van der Waals surface area contributed by atoms with Gasteiger partial charge in [0.25, 0.3) is 0 Å². The molecule has 2 aromatic rings. The van der Waals surface area contributed by atoms with E-state index in [-0.39, 0.29) is 33.1 Å². The number of nitrogens with one attached hydrogen (secondary N) is 1. The molecule has 2 bridgehead atoms. The zero-order valence-corrected chi connectivity index (χ0v) is 23.2. The molecule has 0 radical (unpaired) electrons. The molecule has 3 N–H and O–H groups in total. The van der Waals surface area contributed by atoms with Gasteiger partial charge in [-0.05, 0) is 72.6 Å². The van der Waals surface area contributed by atoms with Gasteiger partial charge in [0.05, 0.1) is 11.6 Å². The Hall–Kier alpha value is -1.92. The van der Waals surface area contributed by atoms with Crippen LogP contribution in [0, 0.1) is 16.7 Å². The number of carboxylic acids is 1. The molecule has 3 unspecified atom stereocenters. The molecule has 0 amide bonds. The van der Waals surface area contributed by atoms with E-state index >= 15 is 0 Å². The predicted molar refractivity (Wildman–Crippen MR) is 144 cm³/mol. The summed E-state index contributed by atoms with van der Waals surface area (Å²) in [5, 5.41) is 24.3. The van der Waals surface area contributed by atoms with Crippen molar-refractivity contribution in [2.45, 2.75) is 72.3 Å². The second-order valence-electron chi connectivity index (χ2n) is 10.8. The van der Waals surface area contributed by atoms with Crippen LogP contribution in [0.25, 0.3) is 0 Å². The first-order valence-electron chi connectivity index (χ1n) is 12.4. The van der Waals surface area contributed by atoms with Gasteiger partial charge in [-0.2, -0.15) is 0 Å². The standard InChI is InChI=1S/C28H35BrClNO4/c1-5-6-11-35-25-19(26(33)34)7-8-22(31-15-16-12-18(29)14-21(30)24(16)32)23(25)20-13-17-9-10-28(20,4)27(17,2)3/h7-8,12,14,17,20,31-32H,5-6,9-11,13,15H2,1-4H3,(H,33,34). The van der Waals surface area contributed by atoms with Crippen LogP contribution in [-0.2, 0) is 6.54 Å². The van der Waals surface area contributed by atoms with E-state index in [0.717, 1.165) is 41.4 Å². The van der Waals surface area contributed by atoms with Crippen LogP contribution in [-0.4, -0.2) is 22.8 Å². The molecule has 0 aliphatic heterocycles. The van der Waals surface area contributed by atoms with Crippen LogP contribution in [0.5, 0.6) is 11.5 Å². The van der Waals surface area contributed by atoms with Crippen LogP contribution in [0.4, 0.5) is 5.69 Å². The molecule has 7 heteroatoms. The fourth-order valence-electron chi connectivity index (χ4n) is 6.33. The minimum Gasteiger partial charge on any atom is -0.506 e. The summed E-state index contributed by atoms with van der Waals surface area (Å²) < 4.78 is 7.04. The number of phenols is 1. The Morgan fingerprint density at radius 1 is 1.29 bits per heavy atom. The Bertz CT molecular complexity index is 1130. The summed E-state index contributed by atoms with van der Waals surface area (Å²) in [6, 6.07) is 6.97. The van der Waals surface area contributed by atoms with Gasteiger partial charge in [0, 0.05) is 27.8 Å². The molecule has 0 heterocycles. The third-order valence-electron chi connectivity index (χ3n) is 8.89. The molecule has 0 spiro atoms. The Morgan fingerprint density at radius 3 is 2.63 bits per heavy atom. The summed E-state index contributed by atoms with van der Waals surface area (Å²) in [4.78, 5) is 12.2. The van der Waals surface area contributed by atoms with Gasteiger partial charge in [0.1, 0.15) is 17.1 Å². The zero-order valence-electron chi connectivity index (χ0n) is 20.9. The summed E-state index contributed by atoms with van der Waals surface area (Å²) in [5.74, 6) is 0.318. The number of aromatic carboxylic acids is 1. The van der Waals surface area contributed by atoms with E-state index in [1.807, 2.05) is 12.1 Å². The van der Waals surface area contributed by atoms with Gasteiger partial charge in [-0.15, -0.1) is 0 Å². The SMILES string of the molecule is CCCCOc1c(C(=O)O)ccc(NCc2cc(Br)cc(Cl)c2O)c1C1CC2CCC1(C)C2(C)C. The Labute approximate surface area is 221 Å². The molecule has 4 rings (SSSR count). The fraction of sp³-hybridized carbons (Fsp3) is 0.536. The molecule has 2 aliphatic rings. The Morgan fingerprint density at radius 2 is 2.03 bits per heavy atom. The monoisotopic (exact) mass is 563 g/mol. The number of rotatable bonds is 9. The number of aromatic hydroxyl groups is 1. The lowest BCUT2D eigenvalue weighted by molar-refractivity contribution is 0.0691. The molecule has 190 valence electrons. The smallest absolute Gasteiger partial charge is 0.339 e. The van der Waals surface area contributed by atoms with E-state index in [4.69, 9.17) is 16.3 Å². The molecule has 2 aliphatic carbocycles. The zero-order chi connectivity index (χ0) is 25.5. The number of carboxylic acid groups (broad SMARTS) is 1. The number of anilines is 1. The molecule has 0 aromatic heterocycles. The highest BCUT2D eigenvalue weighted by molar-refractivity contribution is 9.10. The van der Waals surface area contributed by atoms with Crippen molar-refractivity contribution in [3.05, 3.63) is 50.5 Å². The maximum atomic E-state index is 12.2. The number of fused-ring (bicyclic) bond motifs is 2. The lowest BCUT2D eigenvalue weighted by Gasteiger charge is -2.40. The second kappa shape index (κ2) is 9.85. The molecular weight excluding hydrogens is 530 g/mol. The lowest BCUT2D eigenvalue weighted by Crippen LogP contribution is -2.32. The number of halogens is 2. The largest absolute Gasteiger partial charge is 0.506 e. The van der Waals surface area contributed by atoms with Gasteiger partial charge in [-0.1, -0.05) is 61.6 Å². The van der Waals surface area contributed by atoms with Gasteiger partial charge < -0.3 is 20.3 Å². The number of carbonyl (C=O) groups is 1. The first-order valence-corrected chi connectivity index (χ1v) is 13.6. The molecule has 0 saturated heterocycles. The van der Waals surface area contributed by atoms with Crippen LogP contribution in [0.1, 0.15) is 87.2 Å². The van der Waals surface area contributed by atoms with Crippen LogP contribution in [0.15, 0.2) is 28.7 Å². The van der Waals surface area contributed by atoms with Crippen molar-refractivity contribution in [2.24, 2.45) is 16.7 Å². The number of ether oxygens (including phenoxy) is 1. The van der Waals surface area contributed by atoms with Crippen molar-refractivity contribution < 1.29 is 19.7 Å². The van der Waals surface area contributed by atoms with E-state index in [0.29, 0.717) is 30.4 Å². The highest BCUT2D eigenvalue weighted by atomic mass is 79.9. The summed E-state index contributed by atoms with van der Waals surface area (Å²) in [6.45, 7) is 9.99. The highest BCUT2D eigenvalue weighted by Crippen LogP contribution is 2.72. The molecule has 35 heavy (non-hydrogen) atoms. The minimum absolute atomic E-state index is 0.0370. The van der Waals surface area contributed by atoms with Gasteiger partial charge in [-0.25, -0.2) is 4.79 Å². The summed E-state index contributed by atoms with van der Waals surface area (Å²) in [5.41, 5.74) is 2.87. The van der Waals surface area contributed by atoms with E-state index in [2.05, 4.69) is 48.9 Å². The number of phenolic OH excluding ortho intramolecular Hbond substituents is 1. The number of hydrogen-bond donors (Lipinski definition) is 3. The normalized spacial score (nSPS) is 24.5. The molecule has 3 atom stereocenters. The number of unbranched alkanes of at least 4 members (excludes halogenated alkanes) is 1. The number of hydrogen-bond acceptors (Lipinski definition) is 4. The maximum absolute atomic E-state index is 12.2. The first-order chi connectivity index (χ1) is 16.5. The predicted octanol–water partition coefficient (Wildman–Crippen LogP) is 8.23. The van der Waals surface area contributed by atoms with E-state index in [9.17, 15) is 15.0 Å². The average molecular weight is 565 g/mol. The summed E-state index contributed by atoms with van der Waals surface area (Å²) in [6.07, 6.45) is 5.16. The minimum atomic E-state index is -0.978. The van der Waals surface area contributed by atoms with Crippen molar-refractivity contribution in [3.8, 4) is 11.5 Å². The molecule has 2 fully saturated rings. The average Bonchev–Trinajstić information content (AvgIpc) is 3.14. The van der Waals surface area contributed by atoms with Crippen molar-refractivity contribution >= 4 is 39.2 Å². The third-order valence-corrected chi connectivity index (χ3v) is 9.64. The van der Waals surface area contributed by atoms with Gasteiger partial charge >= 0.3 is 5.97 Å². The lowest BCUT2D eigenvalue weighted by atomic mass is 9.64. The summed E-state index contributed by atoms with van der Waals surface area (Å²) in [7, 11) is 0. The molecular formula is C28H35BrClNO4. The Kier molecular flexibility index (Phi) is 7.36. The van der Waals surface area contributed by atoms with Gasteiger partial charge in [0.15, 0.2) is 0 Å². The van der Waals surface area contributed by atoms with Crippen molar-refractivity contribution in [1.29, 1.82) is 0 Å². The second-order valence-corrected chi connectivity index (χ2v) is 12.1. The molecule has 2 saturated carbocycles. The van der Waals surface area contributed by atoms with Crippen LogP contribution >= 0.6 is 27.5 Å². The van der Waals surface area contributed by atoms with Crippen molar-refractivity contribution in [2.75, 3.05) is 11.9 Å². The van der Waals surface area contributed by atoms with Crippen LogP contribution in [0.3, 0.4) is 0 Å².